The van der Waals surface area contributed by atoms with Crippen LogP contribution in [-0.2, 0) is 4.79 Å². The van der Waals surface area contributed by atoms with Crippen LogP contribution in [0.25, 0.3) is 0 Å². The summed E-state index contributed by atoms with van der Waals surface area (Å²) >= 11 is 0. The number of nitriles is 1. The second-order valence-corrected chi connectivity index (χ2v) is 4.64. The van der Waals surface area contributed by atoms with Crippen LogP contribution < -0.4 is 5.32 Å². The molecule has 1 aromatic rings. The lowest BCUT2D eigenvalue weighted by atomic mass is 9.97. The summed E-state index contributed by atoms with van der Waals surface area (Å²) in [6, 6.07) is 2.26. The molecule has 0 aliphatic heterocycles. The van der Waals surface area contributed by atoms with Gasteiger partial charge in [-0.15, -0.1) is 0 Å². The Bertz CT molecular complexity index is 428. The zero-order chi connectivity index (χ0) is 13.0. The van der Waals surface area contributed by atoms with Crippen molar-refractivity contribution >= 4 is 11.6 Å². The molecule has 0 spiro atoms. The molecule has 1 amide bonds. The largest absolute Gasteiger partial charge is 0.322 e. The Kier molecular flexibility index (Phi) is 4.27. The molecule has 17 heavy (non-hydrogen) atoms. The van der Waals surface area contributed by atoms with E-state index >= 15 is 0 Å². The van der Waals surface area contributed by atoms with E-state index < -0.39 is 5.92 Å². The number of nitrogens with zero attached hydrogens (tertiary/aromatic N) is 3. The van der Waals surface area contributed by atoms with E-state index in [0.29, 0.717) is 5.69 Å². The summed E-state index contributed by atoms with van der Waals surface area (Å²) in [5.74, 6) is -0.900. The summed E-state index contributed by atoms with van der Waals surface area (Å²) in [6.07, 6.45) is 3.35. The number of rotatable bonds is 4. The van der Waals surface area contributed by atoms with Gasteiger partial charge < -0.3 is 5.32 Å². The Morgan fingerprint density at radius 1 is 1.47 bits per heavy atom. The summed E-state index contributed by atoms with van der Waals surface area (Å²) < 4.78 is 1.76. The van der Waals surface area contributed by atoms with Gasteiger partial charge in [0.1, 0.15) is 5.92 Å². The van der Waals surface area contributed by atoms with Crippen LogP contribution in [0.15, 0.2) is 12.4 Å². The smallest absolute Gasteiger partial charge is 0.242 e. The standard InChI is InChI=1S/C12H18N4O/c1-8(2)11(5-13)12(17)15-10-6-14-16(7-10)9(3)4/h6-9,11H,1-4H3,(H,15,17). The average molecular weight is 234 g/mol. The monoisotopic (exact) mass is 234 g/mol. The highest BCUT2D eigenvalue weighted by atomic mass is 16.1. The van der Waals surface area contributed by atoms with Gasteiger partial charge in [0.05, 0.1) is 18.0 Å². The molecule has 92 valence electrons. The lowest BCUT2D eigenvalue weighted by molar-refractivity contribution is -0.119. The molecule has 0 saturated heterocycles. The van der Waals surface area contributed by atoms with Crippen molar-refractivity contribution in [2.45, 2.75) is 33.7 Å². The molecule has 0 fully saturated rings. The Balaban J connectivity index is 2.71. The van der Waals surface area contributed by atoms with E-state index in [0.717, 1.165) is 0 Å². The molecule has 0 bridgehead atoms. The van der Waals surface area contributed by atoms with E-state index in [1.54, 1.807) is 17.1 Å². The Hall–Kier alpha value is -1.83. The van der Waals surface area contributed by atoms with Crippen molar-refractivity contribution in [3.05, 3.63) is 12.4 Å². The predicted molar refractivity (Wildman–Crippen MR) is 65.2 cm³/mol. The fourth-order valence-corrected chi connectivity index (χ4v) is 1.42. The first kappa shape index (κ1) is 13.2. The SMILES string of the molecule is CC(C)C(C#N)C(=O)Nc1cnn(C(C)C)c1. The zero-order valence-corrected chi connectivity index (χ0v) is 10.6. The third-order valence-corrected chi connectivity index (χ3v) is 2.49. The van der Waals surface area contributed by atoms with Gasteiger partial charge in [-0.05, 0) is 19.8 Å². The van der Waals surface area contributed by atoms with Crippen LogP contribution in [0, 0.1) is 23.2 Å². The third kappa shape index (κ3) is 3.31. The number of hydrogen-bond acceptors (Lipinski definition) is 3. The maximum Gasteiger partial charge on any atom is 0.242 e. The Morgan fingerprint density at radius 2 is 2.12 bits per heavy atom. The van der Waals surface area contributed by atoms with Crippen LogP contribution in [0.1, 0.15) is 33.7 Å². The highest BCUT2D eigenvalue weighted by Crippen LogP contribution is 2.15. The maximum atomic E-state index is 11.8. The second-order valence-electron chi connectivity index (χ2n) is 4.64. The summed E-state index contributed by atoms with van der Waals surface area (Å²) in [4.78, 5) is 11.8. The van der Waals surface area contributed by atoms with E-state index in [1.165, 1.54) is 0 Å². The van der Waals surface area contributed by atoms with Crippen molar-refractivity contribution in [2.24, 2.45) is 11.8 Å². The molecule has 0 saturated carbocycles. The number of hydrogen-bond donors (Lipinski definition) is 1. The number of anilines is 1. The molecule has 1 aromatic heterocycles. The summed E-state index contributed by atoms with van der Waals surface area (Å²) in [5.41, 5.74) is 0.629. The molecule has 0 aromatic carbocycles. The van der Waals surface area contributed by atoms with E-state index in [1.807, 2.05) is 33.8 Å². The van der Waals surface area contributed by atoms with Crippen LogP contribution in [0.3, 0.4) is 0 Å². The fraction of sp³-hybridized carbons (Fsp3) is 0.583. The maximum absolute atomic E-state index is 11.8. The predicted octanol–water partition coefficient (Wildman–Crippen LogP) is 2.20. The molecular formula is C12H18N4O. The fourth-order valence-electron chi connectivity index (χ4n) is 1.42. The van der Waals surface area contributed by atoms with Gasteiger partial charge in [0.15, 0.2) is 0 Å². The lowest BCUT2D eigenvalue weighted by Crippen LogP contribution is -2.25. The van der Waals surface area contributed by atoms with Crippen molar-refractivity contribution in [1.29, 1.82) is 5.26 Å². The number of nitrogens with one attached hydrogen (secondary N) is 1. The topological polar surface area (TPSA) is 70.7 Å². The molecule has 1 unspecified atom stereocenters. The van der Waals surface area contributed by atoms with Crippen LogP contribution >= 0.6 is 0 Å². The first-order valence-corrected chi connectivity index (χ1v) is 5.70. The van der Waals surface area contributed by atoms with Crippen molar-refractivity contribution in [3.63, 3.8) is 0 Å². The molecule has 1 N–H and O–H groups in total. The van der Waals surface area contributed by atoms with Gasteiger partial charge in [-0.2, -0.15) is 10.4 Å². The highest BCUT2D eigenvalue weighted by molar-refractivity contribution is 5.94. The van der Waals surface area contributed by atoms with Crippen LogP contribution in [0.2, 0.25) is 0 Å². The van der Waals surface area contributed by atoms with Crippen molar-refractivity contribution in [3.8, 4) is 6.07 Å². The van der Waals surface area contributed by atoms with Crippen molar-refractivity contribution < 1.29 is 4.79 Å². The minimum absolute atomic E-state index is 0.000133. The van der Waals surface area contributed by atoms with Crippen molar-refractivity contribution in [1.82, 2.24) is 9.78 Å². The molecule has 5 nitrogen and oxygen atoms in total. The van der Waals surface area contributed by atoms with E-state index in [4.69, 9.17) is 5.26 Å². The molecule has 1 rings (SSSR count). The summed E-state index contributed by atoms with van der Waals surface area (Å²) in [7, 11) is 0. The van der Waals surface area contributed by atoms with E-state index in [-0.39, 0.29) is 17.9 Å². The number of carbonyl (C=O) groups excluding carboxylic acids is 1. The highest BCUT2D eigenvalue weighted by Gasteiger charge is 2.22. The molecule has 5 heteroatoms. The lowest BCUT2D eigenvalue weighted by Gasteiger charge is -2.11. The quantitative estimate of drug-likeness (QED) is 0.868. The normalized spacial score (nSPS) is 12.5. The minimum atomic E-state index is -0.627. The first-order valence-electron chi connectivity index (χ1n) is 5.70. The van der Waals surface area contributed by atoms with Crippen LogP contribution in [0.4, 0.5) is 5.69 Å². The zero-order valence-electron chi connectivity index (χ0n) is 10.6. The van der Waals surface area contributed by atoms with Gasteiger partial charge in [-0.1, -0.05) is 13.8 Å². The Labute approximate surface area is 101 Å². The van der Waals surface area contributed by atoms with E-state index in [2.05, 4.69) is 10.4 Å². The van der Waals surface area contributed by atoms with Gasteiger partial charge in [0, 0.05) is 12.2 Å². The first-order chi connectivity index (χ1) is 7.95. The average Bonchev–Trinajstić information content (AvgIpc) is 2.66. The molecule has 0 radical (unpaired) electrons. The molecule has 0 aliphatic rings. The summed E-state index contributed by atoms with van der Waals surface area (Å²) in [6.45, 7) is 7.71. The molecule has 1 atom stereocenters. The van der Waals surface area contributed by atoms with E-state index in [9.17, 15) is 4.79 Å². The third-order valence-electron chi connectivity index (χ3n) is 2.49. The van der Waals surface area contributed by atoms with Gasteiger partial charge in [-0.3, -0.25) is 9.48 Å². The Morgan fingerprint density at radius 3 is 2.53 bits per heavy atom. The number of amides is 1. The second kappa shape index (κ2) is 5.48. The van der Waals surface area contributed by atoms with Gasteiger partial charge >= 0.3 is 0 Å². The van der Waals surface area contributed by atoms with Gasteiger partial charge in [0.2, 0.25) is 5.91 Å². The number of aromatic nitrogens is 2. The minimum Gasteiger partial charge on any atom is -0.322 e. The van der Waals surface area contributed by atoms with Crippen molar-refractivity contribution in [2.75, 3.05) is 5.32 Å². The molecule has 0 aliphatic carbocycles. The summed E-state index contributed by atoms with van der Waals surface area (Å²) in [5, 5.41) is 15.7. The van der Waals surface area contributed by atoms with Crippen LogP contribution in [0.5, 0.6) is 0 Å². The van der Waals surface area contributed by atoms with Gasteiger partial charge in [0.25, 0.3) is 0 Å². The molecule has 1 heterocycles. The van der Waals surface area contributed by atoms with Gasteiger partial charge in [-0.25, -0.2) is 0 Å². The van der Waals surface area contributed by atoms with Crippen LogP contribution in [-0.4, -0.2) is 15.7 Å². The molecular weight excluding hydrogens is 216 g/mol. The number of carbonyl (C=O) groups is 1.